The molecule has 1 aromatic carbocycles. The number of rotatable bonds is 7. The van der Waals surface area contributed by atoms with Crippen LogP contribution >= 0.6 is 11.6 Å². The van der Waals surface area contributed by atoms with Crippen molar-refractivity contribution in [3.63, 3.8) is 0 Å². The van der Waals surface area contributed by atoms with Gasteiger partial charge in [-0.1, -0.05) is 32.4 Å². The molecule has 122 valence electrons. The van der Waals surface area contributed by atoms with Gasteiger partial charge in [0.25, 0.3) is 5.91 Å². The molecule has 6 heteroatoms. The van der Waals surface area contributed by atoms with Crippen LogP contribution in [0.25, 0.3) is 0 Å². The average Bonchev–Trinajstić information content (AvgIpc) is 2.44. The Morgan fingerprint density at radius 1 is 1.32 bits per heavy atom. The fourth-order valence-electron chi connectivity index (χ4n) is 1.75. The Labute approximate surface area is 136 Å². The van der Waals surface area contributed by atoms with Crippen LogP contribution in [-0.2, 0) is 4.79 Å². The van der Waals surface area contributed by atoms with Crippen molar-refractivity contribution in [1.82, 2.24) is 5.32 Å². The molecule has 1 unspecified atom stereocenters. The van der Waals surface area contributed by atoms with Crippen LogP contribution in [0.1, 0.15) is 44.0 Å². The van der Waals surface area contributed by atoms with E-state index in [1.165, 1.54) is 6.07 Å². The highest BCUT2D eigenvalue weighted by Gasteiger charge is 2.15. The Hall–Kier alpha value is -1.59. The molecule has 0 saturated carbocycles. The van der Waals surface area contributed by atoms with Crippen molar-refractivity contribution in [2.24, 2.45) is 5.92 Å². The van der Waals surface area contributed by atoms with E-state index in [4.69, 9.17) is 11.6 Å². The normalized spacial score (nSPS) is 12.1. The van der Waals surface area contributed by atoms with Crippen molar-refractivity contribution in [1.29, 1.82) is 0 Å². The van der Waals surface area contributed by atoms with Crippen LogP contribution in [0.4, 0.5) is 5.69 Å². The maximum absolute atomic E-state index is 11.9. The van der Waals surface area contributed by atoms with Crippen molar-refractivity contribution in [2.45, 2.75) is 39.7 Å². The van der Waals surface area contributed by atoms with E-state index in [2.05, 4.69) is 10.6 Å². The van der Waals surface area contributed by atoms with Crippen LogP contribution in [0.15, 0.2) is 18.2 Å². The monoisotopic (exact) mass is 326 g/mol. The Balaban J connectivity index is 2.69. The van der Waals surface area contributed by atoms with Gasteiger partial charge in [0.1, 0.15) is 0 Å². The molecule has 0 spiro atoms. The molecule has 0 bridgehead atoms. The molecule has 2 amide bonds. The van der Waals surface area contributed by atoms with Gasteiger partial charge in [-0.3, -0.25) is 9.59 Å². The van der Waals surface area contributed by atoms with Crippen LogP contribution in [0.3, 0.4) is 0 Å². The van der Waals surface area contributed by atoms with Crippen LogP contribution in [0.2, 0.25) is 5.02 Å². The smallest absolute Gasteiger partial charge is 0.252 e. The lowest BCUT2D eigenvalue weighted by atomic mass is 10.0. The summed E-state index contributed by atoms with van der Waals surface area (Å²) in [6.45, 7) is 6.24. The molecule has 22 heavy (non-hydrogen) atoms. The van der Waals surface area contributed by atoms with Gasteiger partial charge < -0.3 is 15.7 Å². The lowest BCUT2D eigenvalue weighted by Crippen LogP contribution is -2.25. The minimum Gasteiger partial charge on any atom is -0.392 e. The zero-order chi connectivity index (χ0) is 16.7. The molecular weight excluding hydrogens is 304 g/mol. The van der Waals surface area contributed by atoms with Crippen molar-refractivity contribution in [3.05, 3.63) is 28.8 Å². The van der Waals surface area contributed by atoms with Gasteiger partial charge in [0.15, 0.2) is 0 Å². The summed E-state index contributed by atoms with van der Waals surface area (Å²) in [5.74, 6) is -0.514. The maximum atomic E-state index is 11.9. The number of amides is 2. The fourth-order valence-corrected chi connectivity index (χ4v) is 2.01. The molecule has 0 radical (unpaired) electrons. The van der Waals surface area contributed by atoms with Crippen molar-refractivity contribution in [2.75, 3.05) is 11.9 Å². The number of nitrogens with one attached hydrogen (secondary N) is 2. The fraction of sp³-hybridized carbons (Fsp3) is 0.500. The summed E-state index contributed by atoms with van der Waals surface area (Å²) in [6.07, 6.45) is 0.179. The first kappa shape index (κ1) is 18.5. The number of hydrogen-bond acceptors (Lipinski definition) is 3. The van der Waals surface area contributed by atoms with E-state index in [1.54, 1.807) is 12.1 Å². The minimum atomic E-state index is -0.686. The van der Waals surface area contributed by atoms with E-state index in [0.717, 1.165) is 6.42 Å². The molecule has 0 aliphatic rings. The van der Waals surface area contributed by atoms with Crippen molar-refractivity contribution in [3.8, 4) is 0 Å². The van der Waals surface area contributed by atoms with Gasteiger partial charge in [0, 0.05) is 12.2 Å². The first-order valence-corrected chi connectivity index (χ1v) is 7.78. The maximum Gasteiger partial charge on any atom is 0.252 e. The predicted molar refractivity (Wildman–Crippen MR) is 88.2 cm³/mol. The van der Waals surface area contributed by atoms with Gasteiger partial charge in [0.2, 0.25) is 5.91 Å². The lowest BCUT2D eigenvalue weighted by Gasteiger charge is -2.14. The van der Waals surface area contributed by atoms with E-state index >= 15 is 0 Å². The molecule has 0 heterocycles. The van der Waals surface area contributed by atoms with Gasteiger partial charge in [-0.15, -0.1) is 0 Å². The summed E-state index contributed by atoms with van der Waals surface area (Å²) in [5, 5.41) is 15.4. The number of aliphatic hydroxyl groups excluding tert-OH is 1. The first-order valence-electron chi connectivity index (χ1n) is 7.40. The second-order valence-electron chi connectivity index (χ2n) is 5.51. The van der Waals surface area contributed by atoms with E-state index < -0.39 is 6.10 Å². The third kappa shape index (κ3) is 5.66. The molecule has 5 nitrogen and oxygen atoms in total. The number of benzene rings is 1. The third-order valence-corrected chi connectivity index (χ3v) is 3.51. The highest BCUT2D eigenvalue weighted by Crippen LogP contribution is 2.21. The van der Waals surface area contributed by atoms with Gasteiger partial charge in [-0.05, 0) is 30.5 Å². The molecular formula is C16H23ClN2O3. The second kappa shape index (κ2) is 8.76. The van der Waals surface area contributed by atoms with Gasteiger partial charge in [-0.25, -0.2) is 0 Å². The van der Waals surface area contributed by atoms with Crippen LogP contribution in [0.5, 0.6) is 0 Å². The van der Waals surface area contributed by atoms with Crippen LogP contribution in [-0.4, -0.2) is 29.6 Å². The molecule has 1 rings (SSSR count). The van der Waals surface area contributed by atoms with Crippen molar-refractivity contribution < 1.29 is 14.7 Å². The third-order valence-electron chi connectivity index (χ3n) is 3.20. The standard InChI is InChI=1S/C16H23ClN2O3/c1-4-7-18-16(22)12-6-5-11(8-13(12)17)19-15(21)9-14(20)10(2)3/h5-6,8,10,14,20H,4,7,9H2,1-3H3,(H,18,22)(H,19,21). The molecule has 1 aromatic rings. The molecule has 1 atom stereocenters. The largest absolute Gasteiger partial charge is 0.392 e. The summed E-state index contributed by atoms with van der Waals surface area (Å²) in [4.78, 5) is 23.7. The molecule has 0 aliphatic carbocycles. The topological polar surface area (TPSA) is 78.4 Å². The summed E-state index contributed by atoms with van der Waals surface area (Å²) in [5.41, 5.74) is 0.869. The number of aliphatic hydroxyl groups is 1. The molecule has 0 saturated heterocycles. The van der Waals surface area contributed by atoms with Gasteiger partial charge >= 0.3 is 0 Å². The highest BCUT2D eigenvalue weighted by atomic mass is 35.5. The Bertz CT molecular complexity index is 532. The van der Waals surface area contributed by atoms with Gasteiger partial charge in [-0.2, -0.15) is 0 Å². The SMILES string of the molecule is CCCNC(=O)c1ccc(NC(=O)CC(O)C(C)C)cc1Cl. The number of carbonyl (C=O) groups is 2. The quantitative estimate of drug-likeness (QED) is 0.721. The van der Waals surface area contributed by atoms with E-state index in [0.29, 0.717) is 17.8 Å². The summed E-state index contributed by atoms with van der Waals surface area (Å²) >= 11 is 6.08. The minimum absolute atomic E-state index is 0.0129. The number of halogens is 1. The molecule has 3 N–H and O–H groups in total. The Morgan fingerprint density at radius 2 is 2.00 bits per heavy atom. The summed E-state index contributed by atoms with van der Waals surface area (Å²) in [6, 6.07) is 4.72. The van der Waals surface area contributed by atoms with E-state index in [1.807, 2.05) is 20.8 Å². The van der Waals surface area contributed by atoms with Gasteiger partial charge in [0.05, 0.1) is 23.1 Å². The molecule has 0 aromatic heterocycles. The van der Waals surface area contributed by atoms with Crippen LogP contribution < -0.4 is 10.6 Å². The number of carbonyl (C=O) groups excluding carboxylic acids is 2. The predicted octanol–water partition coefficient (Wildman–Crippen LogP) is 2.83. The van der Waals surface area contributed by atoms with E-state index in [9.17, 15) is 14.7 Å². The Morgan fingerprint density at radius 3 is 2.55 bits per heavy atom. The lowest BCUT2D eigenvalue weighted by molar-refractivity contribution is -0.118. The Kier molecular flexibility index (Phi) is 7.35. The second-order valence-corrected chi connectivity index (χ2v) is 5.92. The van der Waals surface area contributed by atoms with Crippen molar-refractivity contribution >= 4 is 29.1 Å². The van der Waals surface area contributed by atoms with E-state index in [-0.39, 0.29) is 29.2 Å². The zero-order valence-corrected chi connectivity index (χ0v) is 13.9. The number of hydrogen-bond donors (Lipinski definition) is 3. The molecule has 0 aliphatic heterocycles. The average molecular weight is 327 g/mol. The van der Waals surface area contributed by atoms with Crippen LogP contribution in [0, 0.1) is 5.92 Å². The highest BCUT2D eigenvalue weighted by molar-refractivity contribution is 6.34. The zero-order valence-electron chi connectivity index (χ0n) is 13.1. The first-order chi connectivity index (χ1) is 10.3. The summed E-state index contributed by atoms with van der Waals surface area (Å²) in [7, 11) is 0. The number of anilines is 1. The molecule has 0 fully saturated rings. The summed E-state index contributed by atoms with van der Waals surface area (Å²) < 4.78 is 0.